The predicted octanol–water partition coefficient (Wildman–Crippen LogP) is 4.08. The van der Waals surface area contributed by atoms with Crippen molar-refractivity contribution >= 4 is 22.9 Å². The zero-order valence-corrected chi connectivity index (χ0v) is 16.1. The van der Waals surface area contributed by atoms with Gasteiger partial charge in [-0.25, -0.2) is 4.98 Å². The van der Waals surface area contributed by atoms with Crippen molar-refractivity contribution in [2.45, 2.75) is 13.3 Å². The molecule has 0 unspecified atom stereocenters. The highest BCUT2D eigenvalue weighted by atomic mass is 32.1. The Kier molecular flexibility index (Phi) is 4.16. The number of aryl methyl sites for hydroxylation is 1. The Morgan fingerprint density at radius 2 is 1.82 bits per heavy atom. The van der Waals surface area contributed by atoms with Gasteiger partial charge in [-0.1, -0.05) is 12.1 Å². The molecule has 2 aliphatic rings. The monoisotopic (exact) mass is 394 g/mol. The second-order valence-electron chi connectivity index (χ2n) is 6.67. The van der Waals surface area contributed by atoms with Crippen LogP contribution >= 0.6 is 11.3 Å². The maximum absolute atomic E-state index is 12.8. The minimum atomic E-state index is -0.185. The van der Waals surface area contributed by atoms with Gasteiger partial charge in [-0.15, -0.1) is 11.3 Å². The number of nitrogens with zero attached hydrogens (tertiary/aromatic N) is 1. The Balaban J connectivity index is 1.38. The molecule has 5 rings (SSSR count). The van der Waals surface area contributed by atoms with E-state index in [9.17, 15) is 4.79 Å². The van der Waals surface area contributed by atoms with Crippen molar-refractivity contribution in [1.29, 1.82) is 0 Å². The summed E-state index contributed by atoms with van der Waals surface area (Å²) in [6.07, 6.45) is 0.940. The lowest BCUT2D eigenvalue weighted by Crippen LogP contribution is -2.16. The van der Waals surface area contributed by atoms with Crippen LogP contribution in [0.2, 0.25) is 0 Å². The Morgan fingerprint density at radius 1 is 1.00 bits per heavy atom. The molecule has 1 N–H and O–H groups in total. The molecule has 6 nitrogen and oxygen atoms in total. The van der Waals surface area contributed by atoms with Crippen molar-refractivity contribution in [3.63, 3.8) is 0 Å². The van der Waals surface area contributed by atoms with E-state index in [-0.39, 0.29) is 5.91 Å². The number of carbonyl (C=O) groups excluding carboxylic acids is 1. The third kappa shape index (κ3) is 3.07. The summed E-state index contributed by atoms with van der Waals surface area (Å²) in [5.74, 6) is 2.06. The number of rotatable bonds is 3. The standard InChI is InChI=1S/C21H18N2O4S/c1-12-19(20(24)23-15-4-5-16-18(11-15)27-9-8-26-16)28-21(22-12)14-3-2-13-6-7-25-17(13)10-14/h2-5,10-11H,6-9H2,1H3,(H,23,24). The van der Waals surface area contributed by atoms with Crippen LogP contribution in [0, 0.1) is 6.92 Å². The van der Waals surface area contributed by atoms with E-state index in [1.165, 1.54) is 16.9 Å². The van der Waals surface area contributed by atoms with Gasteiger partial charge in [-0.2, -0.15) is 0 Å². The van der Waals surface area contributed by atoms with E-state index in [0.29, 0.717) is 41.0 Å². The molecule has 0 spiro atoms. The first kappa shape index (κ1) is 17.1. The van der Waals surface area contributed by atoms with Crippen LogP contribution in [-0.2, 0) is 6.42 Å². The molecule has 3 aromatic rings. The van der Waals surface area contributed by atoms with Crippen LogP contribution < -0.4 is 19.5 Å². The summed E-state index contributed by atoms with van der Waals surface area (Å²) in [7, 11) is 0. The molecule has 0 bridgehead atoms. The smallest absolute Gasteiger partial charge is 0.267 e. The summed E-state index contributed by atoms with van der Waals surface area (Å²) in [6, 6.07) is 11.5. The number of ether oxygens (including phenoxy) is 3. The van der Waals surface area contributed by atoms with E-state index < -0.39 is 0 Å². The number of benzene rings is 2. The number of aromatic nitrogens is 1. The Morgan fingerprint density at radius 3 is 2.71 bits per heavy atom. The van der Waals surface area contributed by atoms with Crippen molar-refractivity contribution in [2.24, 2.45) is 0 Å². The number of anilines is 1. The summed E-state index contributed by atoms with van der Waals surface area (Å²) >= 11 is 1.38. The highest BCUT2D eigenvalue weighted by Crippen LogP contribution is 2.35. The molecule has 1 amide bonds. The molecular weight excluding hydrogens is 376 g/mol. The number of nitrogens with one attached hydrogen (secondary N) is 1. The van der Waals surface area contributed by atoms with E-state index >= 15 is 0 Å². The third-order valence-electron chi connectivity index (χ3n) is 4.75. The first-order chi connectivity index (χ1) is 13.7. The number of hydrogen-bond acceptors (Lipinski definition) is 6. The molecule has 3 heterocycles. The fraction of sp³-hybridized carbons (Fsp3) is 0.238. The molecule has 2 aromatic carbocycles. The normalized spacial score (nSPS) is 14.3. The lowest BCUT2D eigenvalue weighted by atomic mass is 10.1. The van der Waals surface area contributed by atoms with Gasteiger partial charge in [0, 0.05) is 23.7 Å². The van der Waals surface area contributed by atoms with Crippen LogP contribution in [0.1, 0.15) is 20.9 Å². The maximum Gasteiger partial charge on any atom is 0.267 e. The molecule has 28 heavy (non-hydrogen) atoms. The molecule has 0 fully saturated rings. The van der Waals surface area contributed by atoms with Gasteiger partial charge in [-0.05, 0) is 30.7 Å². The van der Waals surface area contributed by atoms with Gasteiger partial charge >= 0.3 is 0 Å². The first-order valence-corrected chi connectivity index (χ1v) is 9.93. The molecule has 1 aromatic heterocycles. The quantitative estimate of drug-likeness (QED) is 0.725. The minimum Gasteiger partial charge on any atom is -0.493 e. The van der Waals surface area contributed by atoms with Crippen molar-refractivity contribution < 1.29 is 19.0 Å². The number of thiazole rings is 1. The van der Waals surface area contributed by atoms with Gasteiger partial charge in [0.15, 0.2) is 11.5 Å². The van der Waals surface area contributed by atoms with Gasteiger partial charge in [0.2, 0.25) is 0 Å². The molecule has 0 radical (unpaired) electrons. The second-order valence-corrected chi connectivity index (χ2v) is 7.67. The van der Waals surface area contributed by atoms with Crippen LogP contribution in [0.3, 0.4) is 0 Å². The first-order valence-electron chi connectivity index (χ1n) is 9.12. The highest BCUT2D eigenvalue weighted by molar-refractivity contribution is 7.17. The van der Waals surface area contributed by atoms with Crippen molar-refractivity contribution in [1.82, 2.24) is 4.98 Å². The average Bonchev–Trinajstić information content (AvgIpc) is 3.33. The minimum absolute atomic E-state index is 0.185. The number of carbonyl (C=O) groups is 1. The Bertz CT molecular complexity index is 1080. The van der Waals surface area contributed by atoms with Gasteiger partial charge in [0.05, 0.1) is 12.3 Å². The van der Waals surface area contributed by atoms with Gasteiger partial charge in [0.25, 0.3) is 5.91 Å². The molecule has 0 aliphatic carbocycles. The third-order valence-corrected chi connectivity index (χ3v) is 5.95. The summed E-state index contributed by atoms with van der Waals surface area (Å²) in [5, 5.41) is 3.74. The highest BCUT2D eigenvalue weighted by Gasteiger charge is 2.20. The van der Waals surface area contributed by atoms with E-state index in [0.717, 1.165) is 29.3 Å². The van der Waals surface area contributed by atoms with E-state index in [1.807, 2.05) is 19.1 Å². The summed E-state index contributed by atoms with van der Waals surface area (Å²) in [5.41, 5.74) is 3.55. The molecule has 142 valence electrons. The van der Waals surface area contributed by atoms with Crippen LogP contribution in [0.25, 0.3) is 10.6 Å². The maximum atomic E-state index is 12.8. The van der Waals surface area contributed by atoms with Crippen LogP contribution in [-0.4, -0.2) is 30.7 Å². The van der Waals surface area contributed by atoms with Crippen LogP contribution in [0.15, 0.2) is 36.4 Å². The largest absolute Gasteiger partial charge is 0.493 e. The molecule has 0 atom stereocenters. The summed E-state index contributed by atoms with van der Waals surface area (Å²) in [6.45, 7) is 3.61. The number of amides is 1. The average molecular weight is 394 g/mol. The zero-order valence-electron chi connectivity index (χ0n) is 15.3. The Labute approximate surface area is 166 Å². The lowest BCUT2D eigenvalue weighted by Gasteiger charge is -2.18. The molecule has 0 saturated carbocycles. The van der Waals surface area contributed by atoms with E-state index in [4.69, 9.17) is 14.2 Å². The summed E-state index contributed by atoms with van der Waals surface area (Å²) in [4.78, 5) is 18.0. The molecule has 7 heteroatoms. The van der Waals surface area contributed by atoms with Gasteiger partial charge in [0.1, 0.15) is 28.8 Å². The Hall–Kier alpha value is -3.06. The fourth-order valence-electron chi connectivity index (χ4n) is 3.34. The predicted molar refractivity (Wildman–Crippen MR) is 107 cm³/mol. The van der Waals surface area contributed by atoms with Crippen molar-refractivity contribution in [2.75, 3.05) is 25.1 Å². The fourth-order valence-corrected chi connectivity index (χ4v) is 4.30. The topological polar surface area (TPSA) is 69.7 Å². The van der Waals surface area contributed by atoms with Crippen molar-refractivity contribution in [3.8, 4) is 27.8 Å². The lowest BCUT2D eigenvalue weighted by molar-refractivity contribution is 0.102. The zero-order chi connectivity index (χ0) is 19.1. The van der Waals surface area contributed by atoms with Gasteiger partial charge < -0.3 is 19.5 Å². The van der Waals surface area contributed by atoms with E-state index in [1.54, 1.807) is 18.2 Å². The number of fused-ring (bicyclic) bond motifs is 2. The summed E-state index contributed by atoms with van der Waals surface area (Å²) < 4.78 is 16.7. The number of hydrogen-bond donors (Lipinski definition) is 1. The van der Waals surface area contributed by atoms with Crippen molar-refractivity contribution in [3.05, 3.63) is 52.5 Å². The van der Waals surface area contributed by atoms with Gasteiger partial charge in [-0.3, -0.25) is 4.79 Å². The van der Waals surface area contributed by atoms with Crippen LogP contribution in [0.4, 0.5) is 5.69 Å². The SMILES string of the molecule is Cc1nc(-c2ccc3c(c2)OCC3)sc1C(=O)Nc1ccc2c(c1)OCCO2. The van der Waals surface area contributed by atoms with Crippen LogP contribution in [0.5, 0.6) is 17.2 Å². The second kappa shape index (κ2) is 6.83. The molecule has 2 aliphatic heterocycles. The van der Waals surface area contributed by atoms with E-state index in [2.05, 4.69) is 16.4 Å². The molecule has 0 saturated heterocycles. The molecular formula is C21H18N2O4S.